The third kappa shape index (κ3) is 4.34. The summed E-state index contributed by atoms with van der Waals surface area (Å²) < 4.78 is 4.61. The van der Waals surface area contributed by atoms with Gasteiger partial charge in [0.25, 0.3) is 0 Å². The van der Waals surface area contributed by atoms with E-state index < -0.39 is 0 Å². The second kappa shape index (κ2) is 7.96. The Kier molecular flexibility index (Phi) is 6.98. The number of allylic oxidation sites excluding steroid dienone is 2. The number of esters is 1. The highest BCUT2D eigenvalue weighted by Gasteiger charge is 2.10. The number of carbonyl (C=O) groups excluding carboxylic acids is 3. The molecule has 94 valence electrons. The molecule has 1 rings (SSSR count). The van der Waals surface area contributed by atoms with Gasteiger partial charge in [0, 0.05) is 10.3 Å². The predicted molar refractivity (Wildman–Crippen MR) is 65.5 cm³/mol. The fraction of sp³-hybridized carbons (Fsp3) is 0.250. The molecule has 0 unspecified atom stereocenters. The van der Waals surface area contributed by atoms with E-state index in [1.54, 1.807) is 18.4 Å². The molecule has 0 saturated carbocycles. The lowest BCUT2D eigenvalue weighted by atomic mass is 10.2. The van der Waals surface area contributed by atoms with Crippen LogP contribution in [-0.4, -0.2) is 19.2 Å². The van der Waals surface area contributed by atoms with E-state index in [2.05, 4.69) is 9.58 Å². The van der Waals surface area contributed by atoms with E-state index >= 15 is 0 Å². The monoisotopic (exact) mass is 265 g/mol. The van der Waals surface area contributed by atoms with Crippen LogP contribution in [0, 0.1) is 6.57 Å². The van der Waals surface area contributed by atoms with Crippen molar-refractivity contribution in [1.29, 1.82) is 0 Å². The average Bonchev–Trinajstić information content (AvgIpc) is 2.86. The first-order valence-electron chi connectivity index (χ1n) is 4.73. The van der Waals surface area contributed by atoms with Crippen LogP contribution in [0.2, 0.25) is 0 Å². The number of nitrogens with zero attached hydrogens (tertiary/aromatic N) is 1. The molecule has 0 saturated heterocycles. The summed E-state index contributed by atoms with van der Waals surface area (Å²) in [4.78, 5) is 31.7. The van der Waals surface area contributed by atoms with E-state index in [0.29, 0.717) is 11.3 Å². The minimum absolute atomic E-state index is 0.250. The first kappa shape index (κ1) is 15.8. The van der Waals surface area contributed by atoms with E-state index in [1.807, 2.05) is 6.92 Å². The molecular formula is C12H11NO4S. The second-order valence-corrected chi connectivity index (χ2v) is 4.01. The van der Waals surface area contributed by atoms with Crippen LogP contribution in [0.5, 0.6) is 0 Å². The van der Waals surface area contributed by atoms with Crippen LogP contribution in [-0.2, 0) is 14.3 Å². The number of methoxy groups -OCH3 is 1. The molecule has 1 aromatic rings. The van der Waals surface area contributed by atoms with Gasteiger partial charge in [-0.05, 0) is 25.5 Å². The highest BCUT2D eigenvalue weighted by atomic mass is 32.1. The lowest BCUT2D eigenvalue weighted by molar-refractivity contribution is -0.191. The number of ether oxygens (including phenoxy) is 1. The molecule has 6 heteroatoms. The summed E-state index contributed by atoms with van der Waals surface area (Å²) in [6.07, 6.45) is 0.250. The van der Waals surface area contributed by atoms with Gasteiger partial charge in [0.05, 0.1) is 19.2 Å². The molecule has 0 aliphatic carbocycles. The van der Waals surface area contributed by atoms with Crippen molar-refractivity contribution in [1.82, 2.24) is 0 Å². The predicted octanol–water partition coefficient (Wildman–Crippen LogP) is 2.62. The number of hydrogen-bond acceptors (Lipinski definition) is 5. The van der Waals surface area contributed by atoms with Gasteiger partial charge in [0.2, 0.25) is 0 Å². The minimum atomic E-state index is -0.342. The van der Waals surface area contributed by atoms with Crippen molar-refractivity contribution < 1.29 is 19.1 Å². The Hall–Kier alpha value is -2.22. The lowest BCUT2D eigenvalue weighted by Gasteiger charge is -1.97. The first-order valence-corrected chi connectivity index (χ1v) is 5.61. The molecular weight excluding hydrogens is 254 g/mol. The molecule has 0 radical (unpaired) electrons. The molecule has 0 aliphatic heterocycles. The zero-order valence-electron chi connectivity index (χ0n) is 10.1. The van der Waals surface area contributed by atoms with Crippen LogP contribution in [0.1, 0.15) is 29.1 Å². The van der Waals surface area contributed by atoms with E-state index in [1.165, 1.54) is 18.4 Å². The molecule has 0 spiro atoms. The highest BCUT2D eigenvalue weighted by Crippen LogP contribution is 2.26. The zero-order valence-corrected chi connectivity index (χ0v) is 11.0. The van der Waals surface area contributed by atoms with Gasteiger partial charge >= 0.3 is 12.1 Å². The maximum absolute atomic E-state index is 11.2. The molecule has 1 aromatic heterocycles. The smallest absolute Gasteiger partial charge is 0.373 e. The Balaban J connectivity index is 0.000000873. The third-order valence-electron chi connectivity index (χ3n) is 2.10. The summed E-state index contributed by atoms with van der Waals surface area (Å²) >= 11 is 1.44. The molecule has 0 aromatic carbocycles. The van der Waals surface area contributed by atoms with Crippen molar-refractivity contribution in [3.63, 3.8) is 0 Å². The summed E-state index contributed by atoms with van der Waals surface area (Å²) in [6.45, 7) is 10.5. The molecule has 0 amide bonds. The Bertz CT molecular complexity index is 531. The van der Waals surface area contributed by atoms with Crippen molar-refractivity contribution in [2.75, 3.05) is 7.11 Å². The van der Waals surface area contributed by atoms with Crippen molar-refractivity contribution in [2.24, 2.45) is 0 Å². The van der Waals surface area contributed by atoms with Gasteiger partial charge in [-0.1, -0.05) is 0 Å². The lowest BCUT2D eigenvalue weighted by Crippen LogP contribution is -1.98. The van der Waals surface area contributed by atoms with Crippen LogP contribution >= 0.6 is 11.3 Å². The van der Waals surface area contributed by atoms with Crippen LogP contribution in [0.15, 0.2) is 17.1 Å². The van der Waals surface area contributed by atoms with Crippen LogP contribution in [0.25, 0.3) is 10.4 Å². The van der Waals surface area contributed by atoms with Crippen LogP contribution in [0.4, 0.5) is 0 Å². The van der Waals surface area contributed by atoms with E-state index in [9.17, 15) is 4.79 Å². The minimum Gasteiger partial charge on any atom is -0.465 e. The summed E-state index contributed by atoms with van der Waals surface area (Å²) in [5, 5.41) is 1.74. The molecule has 5 nitrogen and oxygen atoms in total. The fourth-order valence-electron chi connectivity index (χ4n) is 1.02. The maximum atomic E-state index is 11.2. The largest absolute Gasteiger partial charge is 0.465 e. The van der Waals surface area contributed by atoms with Crippen LogP contribution in [0.3, 0.4) is 0 Å². The molecule has 0 aliphatic rings. The average molecular weight is 265 g/mol. The Morgan fingerprint density at radius 2 is 2.00 bits per heavy atom. The zero-order chi connectivity index (χ0) is 14.1. The standard InChI is InChI=1S/C11H11NO2S.CO2/c1-7(8(2)12-3)10-5-9(6-15-10)11(13)14-4;2-1-3/h5-6H,1-2,4H3;/b8-7-;. The van der Waals surface area contributed by atoms with Gasteiger partial charge in [-0.2, -0.15) is 9.59 Å². The van der Waals surface area contributed by atoms with E-state index in [0.717, 1.165) is 10.5 Å². The molecule has 0 N–H and O–H groups in total. The SMILES string of the molecule is O=C=O.[C-]#[N+]/C(C)=C(/C)c1cc(C(=O)OC)cs1. The van der Waals surface area contributed by atoms with Gasteiger partial charge in [0.1, 0.15) is 0 Å². The van der Waals surface area contributed by atoms with Gasteiger partial charge in [-0.15, -0.1) is 11.3 Å². The normalized spacial score (nSPS) is 10.1. The molecule has 0 bridgehead atoms. The van der Waals surface area contributed by atoms with Crippen molar-refractivity contribution in [3.8, 4) is 0 Å². The molecule has 0 fully saturated rings. The Morgan fingerprint density at radius 1 is 1.44 bits per heavy atom. The Morgan fingerprint density at radius 3 is 2.44 bits per heavy atom. The van der Waals surface area contributed by atoms with Gasteiger partial charge < -0.3 is 4.74 Å². The van der Waals surface area contributed by atoms with Gasteiger partial charge in [-0.3, -0.25) is 0 Å². The summed E-state index contributed by atoms with van der Waals surface area (Å²) in [5.41, 5.74) is 2.09. The Labute approximate surface area is 109 Å². The van der Waals surface area contributed by atoms with Crippen molar-refractivity contribution in [2.45, 2.75) is 13.8 Å². The summed E-state index contributed by atoms with van der Waals surface area (Å²) in [6, 6.07) is 1.75. The van der Waals surface area contributed by atoms with E-state index in [4.69, 9.17) is 16.2 Å². The number of hydrogen-bond donors (Lipinski definition) is 0. The fourth-order valence-corrected chi connectivity index (χ4v) is 1.96. The number of carbonyl (C=O) groups is 1. The first-order chi connectivity index (χ1) is 8.51. The number of rotatable bonds is 2. The molecule has 0 atom stereocenters. The second-order valence-electron chi connectivity index (χ2n) is 3.10. The van der Waals surface area contributed by atoms with Gasteiger partial charge in [0.15, 0.2) is 5.70 Å². The quantitative estimate of drug-likeness (QED) is 0.609. The van der Waals surface area contributed by atoms with Crippen molar-refractivity contribution >= 4 is 29.0 Å². The molecule has 1 heterocycles. The summed E-state index contributed by atoms with van der Waals surface area (Å²) in [7, 11) is 1.35. The topological polar surface area (TPSA) is 64.8 Å². The summed E-state index contributed by atoms with van der Waals surface area (Å²) in [5.74, 6) is -0.342. The van der Waals surface area contributed by atoms with Gasteiger partial charge in [-0.25, -0.2) is 9.64 Å². The number of thiophene rings is 1. The maximum Gasteiger partial charge on any atom is 0.373 e. The molecule has 18 heavy (non-hydrogen) atoms. The van der Waals surface area contributed by atoms with E-state index in [-0.39, 0.29) is 12.1 Å². The third-order valence-corrected chi connectivity index (χ3v) is 3.15. The highest BCUT2D eigenvalue weighted by molar-refractivity contribution is 7.11. The van der Waals surface area contributed by atoms with Crippen molar-refractivity contribution in [3.05, 3.63) is 39.0 Å². The van der Waals surface area contributed by atoms with Crippen LogP contribution < -0.4 is 0 Å².